The number of Topliss-reactive ketones (excluding diaryl/α,β-unsaturated/α-hetero) is 1. The van der Waals surface area contributed by atoms with Gasteiger partial charge >= 0.3 is 5.97 Å². The van der Waals surface area contributed by atoms with E-state index >= 15 is 0 Å². The number of carboxylic acids is 1. The van der Waals surface area contributed by atoms with Crippen LogP contribution >= 0.6 is 0 Å². The second-order valence-electron chi connectivity index (χ2n) is 4.62. The van der Waals surface area contributed by atoms with Gasteiger partial charge in [-0.05, 0) is 19.4 Å². The number of hydrogen-bond acceptors (Lipinski definition) is 4. The summed E-state index contributed by atoms with van der Waals surface area (Å²) < 4.78 is 52.7. The van der Waals surface area contributed by atoms with Gasteiger partial charge in [0.25, 0.3) is 0 Å². The standard InChI is InChI=1S/C14H13F4NO4/c1-6(2-3-20)19-5-8(14(22)23)13(21)7-4-9(15)11(17)12(18)10(7)16/h4-6,19-20H,2-3H2,1H3,(H,22,23)/b8-5-. The zero-order valence-corrected chi connectivity index (χ0v) is 11.9. The molecule has 0 aliphatic rings. The van der Waals surface area contributed by atoms with E-state index < -0.39 is 52.2 Å². The quantitative estimate of drug-likeness (QED) is 0.134. The van der Waals surface area contributed by atoms with E-state index in [1.54, 1.807) is 6.92 Å². The number of carbonyl (C=O) groups is 2. The van der Waals surface area contributed by atoms with Gasteiger partial charge in [-0.15, -0.1) is 0 Å². The van der Waals surface area contributed by atoms with E-state index in [-0.39, 0.29) is 19.1 Å². The van der Waals surface area contributed by atoms with Crippen molar-refractivity contribution in [1.29, 1.82) is 0 Å². The summed E-state index contributed by atoms with van der Waals surface area (Å²) in [4.78, 5) is 23.0. The fourth-order valence-electron chi connectivity index (χ4n) is 1.61. The Kier molecular flexibility index (Phi) is 6.26. The minimum Gasteiger partial charge on any atom is -0.477 e. The summed E-state index contributed by atoms with van der Waals surface area (Å²) in [6, 6.07) is -0.335. The van der Waals surface area contributed by atoms with E-state index in [1.165, 1.54) is 0 Å². The molecule has 0 fully saturated rings. The van der Waals surface area contributed by atoms with Crippen LogP contribution in [0.25, 0.3) is 0 Å². The van der Waals surface area contributed by atoms with Crippen LogP contribution in [0.3, 0.4) is 0 Å². The number of benzene rings is 1. The number of aliphatic hydroxyl groups is 1. The van der Waals surface area contributed by atoms with E-state index in [0.29, 0.717) is 0 Å². The highest BCUT2D eigenvalue weighted by Crippen LogP contribution is 2.21. The van der Waals surface area contributed by atoms with E-state index in [4.69, 9.17) is 10.2 Å². The molecule has 9 heteroatoms. The van der Waals surface area contributed by atoms with Crippen molar-refractivity contribution in [2.45, 2.75) is 19.4 Å². The lowest BCUT2D eigenvalue weighted by atomic mass is 10.0. The van der Waals surface area contributed by atoms with Gasteiger partial charge in [0, 0.05) is 18.8 Å². The van der Waals surface area contributed by atoms with Gasteiger partial charge in [-0.2, -0.15) is 0 Å². The van der Waals surface area contributed by atoms with Crippen molar-refractivity contribution >= 4 is 11.8 Å². The summed E-state index contributed by atoms with van der Waals surface area (Å²) in [5.74, 6) is -11.4. The first-order valence-electron chi connectivity index (χ1n) is 6.38. The minimum absolute atomic E-state index is 0.0873. The van der Waals surface area contributed by atoms with Gasteiger partial charge in [0.1, 0.15) is 5.57 Å². The Morgan fingerprint density at radius 2 is 1.83 bits per heavy atom. The van der Waals surface area contributed by atoms with E-state index in [1.807, 2.05) is 0 Å². The third-order valence-electron chi connectivity index (χ3n) is 2.90. The number of aliphatic carboxylic acids is 1. The lowest BCUT2D eigenvalue weighted by Gasteiger charge is -2.11. The molecule has 1 aromatic rings. The zero-order chi connectivity index (χ0) is 17.7. The molecule has 0 aromatic heterocycles. The molecule has 5 nitrogen and oxygen atoms in total. The second kappa shape index (κ2) is 7.73. The molecule has 0 spiro atoms. The van der Waals surface area contributed by atoms with Crippen LogP contribution in [0, 0.1) is 23.3 Å². The first-order valence-corrected chi connectivity index (χ1v) is 6.38. The first-order chi connectivity index (χ1) is 10.7. The van der Waals surface area contributed by atoms with Gasteiger partial charge < -0.3 is 15.5 Å². The molecule has 0 saturated heterocycles. The van der Waals surface area contributed by atoms with E-state index in [0.717, 1.165) is 6.20 Å². The van der Waals surface area contributed by atoms with Crippen molar-refractivity contribution in [3.8, 4) is 0 Å². The number of aliphatic hydroxyl groups excluding tert-OH is 1. The Labute approximate surface area is 128 Å². The average Bonchev–Trinajstić information content (AvgIpc) is 2.48. The summed E-state index contributed by atoms with van der Waals surface area (Å²) in [6.45, 7) is 1.36. The van der Waals surface area contributed by atoms with Gasteiger partial charge in [0.2, 0.25) is 5.78 Å². The van der Waals surface area contributed by atoms with Gasteiger partial charge in [-0.3, -0.25) is 4.79 Å². The van der Waals surface area contributed by atoms with Crippen LogP contribution in [0.2, 0.25) is 0 Å². The lowest BCUT2D eigenvalue weighted by molar-refractivity contribution is -0.132. The molecule has 0 radical (unpaired) electrons. The Morgan fingerprint density at radius 3 is 2.35 bits per heavy atom. The largest absolute Gasteiger partial charge is 0.477 e. The minimum atomic E-state index is -2.21. The summed E-state index contributed by atoms with van der Waals surface area (Å²) in [5, 5.41) is 20.1. The maximum atomic E-state index is 13.6. The number of carboxylic acid groups (broad SMARTS) is 1. The molecule has 0 amide bonds. The molecule has 0 aliphatic heterocycles. The normalized spacial score (nSPS) is 12.9. The molecular weight excluding hydrogens is 322 g/mol. The fraction of sp³-hybridized carbons (Fsp3) is 0.286. The highest BCUT2D eigenvalue weighted by atomic mass is 19.2. The molecule has 0 saturated carbocycles. The van der Waals surface area contributed by atoms with Crippen LogP contribution in [0.1, 0.15) is 23.7 Å². The maximum absolute atomic E-state index is 13.6. The summed E-state index contributed by atoms with van der Waals surface area (Å²) >= 11 is 0. The lowest BCUT2D eigenvalue weighted by Crippen LogP contribution is -2.25. The Bertz CT molecular complexity index is 661. The monoisotopic (exact) mass is 335 g/mol. The Morgan fingerprint density at radius 1 is 1.22 bits per heavy atom. The molecule has 0 bridgehead atoms. The van der Waals surface area contributed by atoms with Gasteiger partial charge in [-0.25, -0.2) is 22.4 Å². The molecule has 1 aromatic carbocycles. The maximum Gasteiger partial charge on any atom is 0.341 e. The Hall–Kier alpha value is -2.42. The molecule has 0 heterocycles. The van der Waals surface area contributed by atoms with Gasteiger partial charge in [0.15, 0.2) is 23.3 Å². The molecule has 23 heavy (non-hydrogen) atoms. The molecule has 1 atom stereocenters. The average molecular weight is 335 g/mol. The van der Waals surface area contributed by atoms with Crippen molar-refractivity contribution in [2.75, 3.05) is 6.61 Å². The van der Waals surface area contributed by atoms with Crippen molar-refractivity contribution in [3.63, 3.8) is 0 Å². The summed E-state index contributed by atoms with van der Waals surface area (Å²) in [6.07, 6.45) is 0.954. The third-order valence-corrected chi connectivity index (χ3v) is 2.90. The smallest absolute Gasteiger partial charge is 0.341 e. The van der Waals surface area contributed by atoms with Crippen molar-refractivity contribution < 1.29 is 37.4 Å². The van der Waals surface area contributed by atoms with E-state index in [2.05, 4.69) is 5.32 Å². The van der Waals surface area contributed by atoms with Crippen molar-refractivity contribution in [1.82, 2.24) is 5.32 Å². The molecule has 1 rings (SSSR count). The number of halogens is 4. The highest BCUT2D eigenvalue weighted by molar-refractivity contribution is 6.23. The van der Waals surface area contributed by atoms with Crippen LogP contribution < -0.4 is 5.32 Å². The predicted molar refractivity (Wildman–Crippen MR) is 70.6 cm³/mol. The molecule has 3 N–H and O–H groups in total. The van der Waals surface area contributed by atoms with Crippen LogP contribution in [-0.2, 0) is 4.79 Å². The SMILES string of the molecule is CC(CCO)N/C=C(\C(=O)O)C(=O)c1cc(F)c(F)c(F)c1F. The summed E-state index contributed by atoms with van der Waals surface area (Å²) in [7, 11) is 0. The molecule has 0 aliphatic carbocycles. The number of rotatable bonds is 7. The van der Waals surface area contributed by atoms with Crippen LogP contribution in [0.5, 0.6) is 0 Å². The topological polar surface area (TPSA) is 86.6 Å². The zero-order valence-electron chi connectivity index (χ0n) is 11.9. The van der Waals surface area contributed by atoms with Gasteiger partial charge in [0.05, 0.1) is 5.56 Å². The summed E-state index contributed by atoms with van der Waals surface area (Å²) in [5.41, 5.74) is -2.24. The van der Waals surface area contributed by atoms with Crippen molar-refractivity contribution in [2.24, 2.45) is 0 Å². The van der Waals surface area contributed by atoms with Gasteiger partial charge in [-0.1, -0.05) is 0 Å². The number of carbonyl (C=O) groups excluding carboxylic acids is 1. The Balaban J connectivity index is 3.23. The number of ketones is 1. The molecule has 126 valence electrons. The number of nitrogens with one attached hydrogen (secondary N) is 1. The van der Waals surface area contributed by atoms with Crippen molar-refractivity contribution in [3.05, 3.63) is 46.7 Å². The van der Waals surface area contributed by atoms with E-state index in [9.17, 15) is 27.2 Å². The molecule has 1 unspecified atom stereocenters. The first kappa shape index (κ1) is 18.6. The fourth-order valence-corrected chi connectivity index (χ4v) is 1.61. The highest BCUT2D eigenvalue weighted by Gasteiger charge is 2.27. The van der Waals surface area contributed by atoms with Crippen LogP contribution in [-0.4, -0.2) is 34.6 Å². The molecular formula is C14H13F4NO4. The predicted octanol–water partition coefficient (Wildman–Crippen LogP) is 1.75. The number of hydrogen-bond donors (Lipinski definition) is 3. The second-order valence-corrected chi connectivity index (χ2v) is 4.62. The van der Waals surface area contributed by atoms with Crippen LogP contribution in [0.4, 0.5) is 17.6 Å². The van der Waals surface area contributed by atoms with Crippen LogP contribution in [0.15, 0.2) is 17.8 Å². The third kappa shape index (κ3) is 4.28.